The highest BCUT2D eigenvalue weighted by Gasteiger charge is 2.23. The topological polar surface area (TPSA) is 140 Å². The first-order chi connectivity index (χ1) is 18.3. The number of hydrogen-bond donors (Lipinski definition) is 1. The molecule has 0 unspecified atom stereocenters. The van der Waals surface area contributed by atoms with Crippen molar-refractivity contribution in [1.29, 1.82) is 0 Å². The van der Waals surface area contributed by atoms with Gasteiger partial charge in [0, 0.05) is 12.8 Å². The van der Waals surface area contributed by atoms with Crippen LogP contribution in [-0.2, 0) is 35.0 Å². The summed E-state index contributed by atoms with van der Waals surface area (Å²) >= 11 is 0. The maximum Gasteiger partial charge on any atom is 0.509 e. The van der Waals surface area contributed by atoms with E-state index in [9.17, 15) is 19.2 Å². The molecule has 0 aliphatic rings. The third kappa shape index (κ3) is 15.1. The van der Waals surface area contributed by atoms with Gasteiger partial charge in [0.25, 0.3) is 0 Å². The Kier molecular flexibility index (Phi) is 15.2. The molecular weight excluding hydrogens is 506 g/mol. The van der Waals surface area contributed by atoms with E-state index in [1.54, 1.807) is 33.8 Å². The van der Waals surface area contributed by atoms with Crippen LogP contribution in [0.15, 0.2) is 18.2 Å². The molecule has 2 atom stereocenters. The lowest BCUT2D eigenvalue weighted by atomic mass is 10.1. The normalized spacial score (nSPS) is 12.7. The Balaban J connectivity index is 2.81. The fraction of sp³-hybridized carbons (Fsp3) is 0.655. The monoisotopic (exact) mass is 551 g/mol. The number of carbonyl (C=O) groups excluding carboxylic acids is 4. The minimum absolute atomic E-state index is 0.0747. The third-order valence-corrected chi connectivity index (χ3v) is 5.33. The van der Waals surface area contributed by atoms with Crippen LogP contribution in [0.2, 0.25) is 0 Å². The van der Waals surface area contributed by atoms with Gasteiger partial charge in [-0.25, -0.2) is 4.79 Å². The second-order valence-electron chi connectivity index (χ2n) is 10.5. The van der Waals surface area contributed by atoms with Crippen molar-refractivity contribution in [3.8, 4) is 11.5 Å². The highest BCUT2D eigenvalue weighted by atomic mass is 16.7. The molecule has 2 N–H and O–H groups in total. The summed E-state index contributed by atoms with van der Waals surface area (Å²) in [5, 5.41) is 0. The van der Waals surface area contributed by atoms with Crippen LogP contribution in [-0.4, -0.2) is 48.4 Å². The lowest BCUT2D eigenvalue weighted by Crippen LogP contribution is -2.36. The van der Waals surface area contributed by atoms with Gasteiger partial charge >= 0.3 is 24.1 Å². The van der Waals surface area contributed by atoms with E-state index in [4.69, 9.17) is 29.4 Å². The quantitative estimate of drug-likeness (QED) is 0.161. The van der Waals surface area contributed by atoms with Crippen molar-refractivity contribution in [2.75, 3.05) is 6.61 Å². The number of carbonyl (C=O) groups is 4. The summed E-state index contributed by atoms with van der Waals surface area (Å²) in [6.07, 6.45) is 4.10. The predicted octanol–water partition coefficient (Wildman–Crippen LogP) is 5.41. The van der Waals surface area contributed by atoms with E-state index >= 15 is 0 Å². The first-order valence-corrected chi connectivity index (χ1v) is 13.7. The molecule has 0 bridgehead atoms. The van der Waals surface area contributed by atoms with Gasteiger partial charge in [-0.1, -0.05) is 45.6 Å². The average molecular weight is 552 g/mol. The number of nitrogens with two attached hydrogens (primary N) is 1. The minimum atomic E-state index is -1.03. The molecule has 0 spiro atoms. The lowest BCUT2D eigenvalue weighted by Gasteiger charge is -2.21. The molecule has 0 saturated heterocycles. The van der Waals surface area contributed by atoms with Crippen LogP contribution < -0.4 is 15.2 Å². The molecule has 0 heterocycles. The minimum Gasteiger partial charge on any atom is -0.461 e. The first kappa shape index (κ1) is 33.9. The number of ether oxygens (including phenoxy) is 5. The number of unbranched alkanes of at least 4 members (excludes halogenated alkanes) is 4. The van der Waals surface area contributed by atoms with Crippen LogP contribution in [0.4, 0.5) is 4.79 Å². The van der Waals surface area contributed by atoms with Gasteiger partial charge in [-0.15, -0.1) is 0 Å². The Morgan fingerprint density at radius 2 is 1.44 bits per heavy atom. The Bertz CT molecular complexity index is 939. The molecule has 0 radical (unpaired) electrons. The van der Waals surface area contributed by atoms with Crippen LogP contribution in [0.3, 0.4) is 0 Å². The van der Waals surface area contributed by atoms with Gasteiger partial charge < -0.3 is 29.4 Å². The van der Waals surface area contributed by atoms with Crippen molar-refractivity contribution in [2.24, 2.45) is 5.73 Å². The molecule has 0 aliphatic heterocycles. The van der Waals surface area contributed by atoms with Crippen molar-refractivity contribution >= 4 is 24.1 Å². The molecule has 10 nitrogen and oxygen atoms in total. The van der Waals surface area contributed by atoms with Gasteiger partial charge in [-0.05, 0) is 64.7 Å². The molecular formula is C29H45NO9. The summed E-state index contributed by atoms with van der Waals surface area (Å²) in [6, 6.07) is 3.67. The van der Waals surface area contributed by atoms with E-state index < -0.39 is 41.8 Å². The Morgan fingerprint density at radius 3 is 1.97 bits per heavy atom. The van der Waals surface area contributed by atoms with E-state index in [1.165, 1.54) is 12.1 Å². The van der Waals surface area contributed by atoms with Crippen LogP contribution in [0.1, 0.15) is 98.5 Å². The summed E-state index contributed by atoms with van der Waals surface area (Å²) in [7, 11) is 0. The number of esters is 3. The maximum absolute atomic E-state index is 12.4. The van der Waals surface area contributed by atoms with Crippen LogP contribution in [0, 0.1) is 0 Å². The lowest BCUT2D eigenvalue weighted by molar-refractivity contribution is -0.148. The molecule has 220 valence electrons. The summed E-state index contributed by atoms with van der Waals surface area (Å²) in [5.74, 6) is -1.32. The smallest absolute Gasteiger partial charge is 0.461 e. The zero-order valence-corrected chi connectivity index (χ0v) is 24.2. The highest BCUT2D eigenvalue weighted by Crippen LogP contribution is 2.30. The van der Waals surface area contributed by atoms with Crippen molar-refractivity contribution in [3.63, 3.8) is 0 Å². The first-order valence-electron chi connectivity index (χ1n) is 13.7. The second kappa shape index (κ2) is 17.4. The predicted molar refractivity (Wildman–Crippen MR) is 145 cm³/mol. The van der Waals surface area contributed by atoms with E-state index in [1.807, 2.05) is 13.8 Å². The standard InChI is InChI=1S/C29H45NO9/c1-7-9-11-13-25(31)37-23-16-15-21(18-24(23)38-26(32)14-12-10-8-2)17-22(30)27(33)35-19-20(3)36-28(34)39-29(4,5)6/h15-16,18,20,22H,7-14,17,19,30H2,1-6H3/t20-,22-/m0/s1. The summed E-state index contributed by atoms with van der Waals surface area (Å²) in [4.78, 5) is 48.8. The van der Waals surface area contributed by atoms with Gasteiger partial charge in [0.1, 0.15) is 24.4 Å². The van der Waals surface area contributed by atoms with Gasteiger partial charge in [-0.2, -0.15) is 0 Å². The fourth-order valence-electron chi connectivity index (χ4n) is 3.35. The van der Waals surface area contributed by atoms with Crippen LogP contribution >= 0.6 is 0 Å². The van der Waals surface area contributed by atoms with Gasteiger partial charge in [0.05, 0.1) is 0 Å². The molecule has 0 aromatic heterocycles. The molecule has 10 heteroatoms. The summed E-state index contributed by atoms with van der Waals surface area (Å²) < 4.78 is 26.3. The molecule has 0 saturated carbocycles. The van der Waals surface area contributed by atoms with Crippen molar-refractivity contribution in [3.05, 3.63) is 23.8 Å². The van der Waals surface area contributed by atoms with Gasteiger partial charge in [0.15, 0.2) is 11.5 Å². The molecule has 0 amide bonds. The van der Waals surface area contributed by atoms with Crippen molar-refractivity contribution in [1.82, 2.24) is 0 Å². The molecule has 39 heavy (non-hydrogen) atoms. The average Bonchev–Trinajstić information content (AvgIpc) is 2.83. The fourth-order valence-corrected chi connectivity index (χ4v) is 3.35. The number of rotatable bonds is 16. The van der Waals surface area contributed by atoms with Crippen molar-refractivity contribution < 1.29 is 42.9 Å². The third-order valence-electron chi connectivity index (χ3n) is 5.33. The SMILES string of the molecule is CCCCCC(=O)Oc1ccc(C[C@H](N)C(=O)OC[C@H](C)OC(=O)OC(C)(C)C)cc1OC(=O)CCCCC. The van der Waals surface area contributed by atoms with E-state index in [-0.39, 0.29) is 37.4 Å². The van der Waals surface area contributed by atoms with Gasteiger partial charge in [-0.3, -0.25) is 14.4 Å². The number of benzene rings is 1. The van der Waals surface area contributed by atoms with Crippen molar-refractivity contribution in [2.45, 2.75) is 117 Å². The molecule has 0 aliphatic carbocycles. The molecule has 1 aromatic rings. The summed E-state index contributed by atoms with van der Waals surface area (Å²) in [6.45, 7) is 10.6. The maximum atomic E-state index is 12.4. The second-order valence-corrected chi connectivity index (χ2v) is 10.5. The molecule has 1 aromatic carbocycles. The van der Waals surface area contributed by atoms with E-state index in [2.05, 4.69) is 0 Å². The van der Waals surface area contributed by atoms with Gasteiger partial charge in [0.2, 0.25) is 0 Å². The zero-order chi connectivity index (χ0) is 29.4. The largest absolute Gasteiger partial charge is 0.509 e. The Hall–Kier alpha value is -3.14. The number of hydrogen-bond acceptors (Lipinski definition) is 10. The van der Waals surface area contributed by atoms with Crippen LogP contribution in [0.5, 0.6) is 11.5 Å². The van der Waals surface area contributed by atoms with E-state index in [0.717, 1.165) is 25.7 Å². The zero-order valence-electron chi connectivity index (χ0n) is 24.2. The van der Waals surface area contributed by atoms with Crippen LogP contribution in [0.25, 0.3) is 0 Å². The Morgan fingerprint density at radius 1 is 0.872 bits per heavy atom. The summed E-state index contributed by atoms with van der Waals surface area (Å²) in [5.41, 5.74) is 5.92. The van der Waals surface area contributed by atoms with E-state index in [0.29, 0.717) is 18.4 Å². The molecule has 1 rings (SSSR count). The Labute approximate surface area is 231 Å². The highest BCUT2D eigenvalue weighted by molar-refractivity contribution is 5.77. The molecule has 0 fully saturated rings.